The number of nitrogens with two attached hydrogens (primary N) is 1. The third kappa shape index (κ3) is 13.1. The number of methoxy groups -OCH3 is 2. The summed E-state index contributed by atoms with van der Waals surface area (Å²) in [7, 11) is 3.30. The van der Waals surface area contributed by atoms with E-state index in [2.05, 4.69) is 24.6 Å². The van der Waals surface area contributed by atoms with Gasteiger partial charge in [-0.1, -0.05) is 47.6 Å². The van der Waals surface area contributed by atoms with E-state index in [1.165, 1.54) is 0 Å². The Labute approximate surface area is 270 Å². The fraction of sp³-hybridized carbons (Fsp3) is 0.765. The molecule has 0 bridgehead atoms. The van der Waals surface area contributed by atoms with Gasteiger partial charge in [0, 0.05) is 45.2 Å². The number of rotatable bonds is 20. The summed E-state index contributed by atoms with van der Waals surface area (Å²) in [5, 5.41) is 16.0. The highest BCUT2D eigenvalue weighted by Crippen LogP contribution is 2.32. The standard InChI is InChI=1S/C34H60N4O7/c1-22(2)26(18-25-10-11-30(43-8)31(19-25)45-15-9-14-42-7)20-28(35)29(39)21-27(23(3)4)33(40)36-32(24(5)6)34(41)37-38-12-16-44-17-13-38/h10-11,19,22-24,26-29,32,39H,9,12-18,20-21,35H2,1-8H3,(H,36,40)(H,37,41)/t26-,27-,28-,29-,32-/m0/s1. The second-order valence-electron chi connectivity index (χ2n) is 13.2. The molecule has 11 nitrogen and oxygen atoms in total. The van der Waals surface area contributed by atoms with Gasteiger partial charge in [-0.3, -0.25) is 15.0 Å². The second kappa shape index (κ2) is 19.9. The molecule has 1 fully saturated rings. The van der Waals surface area contributed by atoms with Crippen molar-refractivity contribution in [1.29, 1.82) is 0 Å². The number of nitrogens with zero attached hydrogens (tertiary/aromatic N) is 1. The molecule has 2 amide bonds. The number of hydrogen-bond acceptors (Lipinski definition) is 9. The van der Waals surface area contributed by atoms with Crippen molar-refractivity contribution in [1.82, 2.24) is 15.8 Å². The lowest BCUT2D eigenvalue weighted by molar-refractivity contribution is -0.137. The van der Waals surface area contributed by atoms with E-state index in [1.54, 1.807) is 14.2 Å². The third-order valence-corrected chi connectivity index (χ3v) is 8.65. The molecular formula is C34H60N4O7. The fourth-order valence-electron chi connectivity index (χ4n) is 5.56. The lowest BCUT2D eigenvalue weighted by Crippen LogP contribution is -2.57. The smallest absolute Gasteiger partial charge is 0.257 e. The van der Waals surface area contributed by atoms with Gasteiger partial charge in [-0.15, -0.1) is 0 Å². The molecule has 5 atom stereocenters. The first-order chi connectivity index (χ1) is 21.4. The topological polar surface area (TPSA) is 145 Å². The summed E-state index contributed by atoms with van der Waals surface area (Å²) in [5.41, 5.74) is 10.6. The number of aliphatic hydroxyl groups excluding tert-OH is 1. The second-order valence-corrected chi connectivity index (χ2v) is 13.2. The largest absolute Gasteiger partial charge is 0.493 e. The molecule has 1 aromatic carbocycles. The first kappa shape index (κ1) is 38.7. The Bertz CT molecular complexity index is 1020. The van der Waals surface area contributed by atoms with Gasteiger partial charge in [-0.25, -0.2) is 5.01 Å². The van der Waals surface area contributed by atoms with Gasteiger partial charge in [0.15, 0.2) is 11.5 Å². The van der Waals surface area contributed by atoms with Gasteiger partial charge in [0.1, 0.15) is 6.04 Å². The Balaban J connectivity index is 2.04. The van der Waals surface area contributed by atoms with Gasteiger partial charge in [0.05, 0.1) is 33.0 Å². The van der Waals surface area contributed by atoms with Crippen LogP contribution in [0.3, 0.4) is 0 Å². The van der Waals surface area contributed by atoms with Crippen molar-refractivity contribution in [3.05, 3.63) is 23.8 Å². The predicted octanol–water partition coefficient (Wildman–Crippen LogP) is 3.17. The van der Waals surface area contributed by atoms with E-state index in [-0.39, 0.29) is 36.0 Å². The molecule has 1 aromatic rings. The number of hydrogen-bond donors (Lipinski definition) is 4. The molecule has 258 valence electrons. The van der Waals surface area contributed by atoms with Gasteiger partial charge < -0.3 is 35.1 Å². The maximum atomic E-state index is 13.5. The minimum absolute atomic E-state index is 0.0514. The Hall–Kier alpha value is -2.44. The number of hydrazine groups is 1. The SMILES string of the molecule is COCCCOc1cc(C[C@@H](C[C@H](N)[C@@H](O)C[C@H](C(=O)N[C@H](C(=O)NN2CCOCC2)C(C)C)C(C)C)C(C)C)ccc1OC. The molecule has 1 aliphatic rings. The highest BCUT2D eigenvalue weighted by atomic mass is 16.5. The quantitative estimate of drug-likeness (QED) is 0.159. The van der Waals surface area contributed by atoms with Crippen molar-refractivity contribution in [3.63, 3.8) is 0 Å². The number of carbonyl (C=O) groups is 2. The average molecular weight is 637 g/mol. The Morgan fingerprint density at radius 2 is 1.64 bits per heavy atom. The minimum Gasteiger partial charge on any atom is -0.493 e. The number of ether oxygens (including phenoxy) is 4. The van der Waals surface area contributed by atoms with Crippen molar-refractivity contribution in [2.75, 3.05) is 53.7 Å². The van der Waals surface area contributed by atoms with Gasteiger partial charge in [0.2, 0.25) is 5.91 Å². The average Bonchev–Trinajstić information content (AvgIpc) is 3.00. The van der Waals surface area contributed by atoms with Crippen LogP contribution in [0.2, 0.25) is 0 Å². The van der Waals surface area contributed by atoms with Gasteiger partial charge in [-0.05, 0) is 60.6 Å². The summed E-state index contributed by atoms with van der Waals surface area (Å²) < 4.78 is 21.9. The van der Waals surface area contributed by atoms with Crippen LogP contribution in [-0.2, 0) is 25.5 Å². The molecule has 0 unspecified atom stereocenters. The summed E-state index contributed by atoms with van der Waals surface area (Å²) in [6.07, 6.45) is 1.48. The van der Waals surface area contributed by atoms with E-state index in [0.717, 1.165) is 18.4 Å². The molecule has 11 heteroatoms. The van der Waals surface area contributed by atoms with Crippen molar-refractivity contribution < 1.29 is 33.6 Å². The highest BCUT2D eigenvalue weighted by Gasteiger charge is 2.33. The molecule has 1 saturated heterocycles. The molecule has 0 radical (unpaired) electrons. The first-order valence-electron chi connectivity index (χ1n) is 16.5. The maximum Gasteiger partial charge on any atom is 0.257 e. The molecule has 0 aliphatic carbocycles. The summed E-state index contributed by atoms with van der Waals surface area (Å²) in [6.45, 7) is 15.5. The number of nitrogens with one attached hydrogen (secondary N) is 2. The predicted molar refractivity (Wildman–Crippen MR) is 176 cm³/mol. The number of aliphatic hydroxyl groups is 1. The van der Waals surface area contributed by atoms with Crippen LogP contribution in [-0.4, -0.2) is 93.9 Å². The molecule has 1 aliphatic heterocycles. The minimum atomic E-state index is -0.875. The lowest BCUT2D eigenvalue weighted by Gasteiger charge is -2.32. The van der Waals surface area contributed by atoms with Crippen LogP contribution >= 0.6 is 0 Å². The summed E-state index contributed by atoms with van der Waals surface area (Å²) >= 11 is 0. The van der Waals surface area contributed by atoms with Gasteiger partial charge >= 0.3 is 0 Å². The van der Waals surface area contributed by atoms with Crippen LogP contribution in [0, 0.1) is 29.6 Å². The zero-order valence-electron chi connectivity index (χ0n) is 28.8. The normalized spacial score (nSPS) is 17.5. The van der Waals surface area contributed by atoms with Crippen molar-refractivity contribution in [3.8, 4) is 11.5 Å². The third-order valence-electron chi connectivity index (χ3n) is 8.65. The van der Waals surface area contributed by atoms with E-state index in [9.17, 15) is 14.7 Å². The van der Waals surface area contributed by atoms with Crippen LogP contribution in [0.1, 0.15) is 66.4 Å². The van der Waals surface area contributed by atoms with Crippen LogP contribution in [0.5, 0.6) is 11.5 Å². The van der Waals surface area contributed by atoms with Crippen molar-refractivity contribution in [2.24, 2.45) is 35.3 Å². The highest BCUT2D eigenvalue weighted by molar-refractivity contribution is 5.88. The van der Waals surface area contributed by atoms with Crippen LogP contribution in [0.25, 0.3) is 0 Å². The molecule has 0 spiro atoms. The zero-order valence-corrected chi connectivity index (χ0v) is 28.8. The van der Waals surface area contributed by atoms with Gasteiger partial charge in [0.25, 0.3) is 5.91 Å². The van der Waals surface area contributed by atoms with Crippen molar-refractivity contribution >= 4 is 11.8 Å². The van der Waals surface area contributed by atoms with Crippen LogP contribution < -0.4 is 25.9 Å². The number of benzene rings is 1. The zero-order chi connectivity index (χ0) is 33.5. The summed E-state index contributed by atoms with van der Waals surface area (Å²) in [5.74, 6) is 0.733. The Morgan fingerprint density at radius 3 is 2.22 bits per heavy atom. The van der Waals surface area contributed by atoms with Gasteiger partial charge in [-0.2, -0.15) is 0 Å². The first-order valence-corrected chi connectivity index (χ1v) is 16.5. The lowest BCUT2D eigenvalue weighted by atomic mass is 9.80. The van der Waals surface area contributed by atoms with E-state index < -0.39 is 24.1 Å². The monoisotopic (exact) mass is 636 g/mol. The molecule has 2 rings (SSSR count). The van der Waals surface area contributed by atoms with E-state index >= 15 is 0 Å². The molecule has 45 heavy (non-hydrogen) atoms. The van der Waals surface area contributed by atoms with E-state index in [0.29, 0.717) is 63.4 Å². The maximum absolute atomic E-state index is 13.5. The summed E-state index contributed by atoms with van der Waals surface area (Å²) in [6, 6.07) is 4.76. The summed E-state index contributed by atoms with van der Waals surface area (Å²) in [4.78, 5) is 26.6. The Morgan fingerprint density at radius 1 is 0.956 bits per heavy atom. The van der Waals surface area contributed by atoms with E-state index in [4.69, 9.17) is 24.7 Å². The van der Waals surface area contributed by atoms with Crippen LogP contribution in [0.15, 0.2) is 18.2 Å². The Kier molecular flexibility index (Phi) is 17.2. The van der Waals surface area contributed by atoms with Crippen LogP contribution in [0.4, 0.5) is 0 Å². The number of morpholine rings is 1. The molecular weight excluding hydrogens is 576 g/mol. The van der Waals surface area contributed by atoms with Crippen molar-refractivity contribution in [2.45, 2.75) is 85.4 Å². The number of carbonyl (C=O) groups excluding carboxylic acids is 2. The molecule has 5 N–H and O–H groups in total. The molecule has 0 saturated carbocycles. The fourth-order valence-corrected chi connectivity index (χ4v) is 5.56. The van der Waals surface area contributed by atoms with E-state index in [1.807, 2.05) is 50.9 Å². The molecule has 1 heterocycles. The molecule has 0 aromatic heterocycles. The number of amides is 2.